The lowest BCUT2D eigenvalue weighted by atomic mass is 9.97. The molecule has 3 aromatic rings. The Morgan fingerprint density at radius 1 is 1.30 bits per heavy atom. The molecule has 4 heteroatoms. The number of nitrogens with zero attached hydrogens (tertiary/aromatic N) is 3. The molecule has 0 spiro atoms. The van der Waals surface area contributed by atoms with E-state index in [0.717, 1.165) is 27.6 Å². The van der Waals surface area contributed by atoms with Gasteiger partial charge in [-0.05, 0) is 23.9 Å². The third-order valence-corrected chi connectivity index (χ3v) is 3.86. The third kappa shape index (κ3) is 1.77. The molecule has 2 aromatic carbocycles. The van der Waals surface area contributed by atoms with E-state index in [2.05, 4.69) is 11.2 Å². The van der Waals surface area contributed by atoms with Crippen molar-refractivity contribution in [3.8, 4) is 17.3 Å². The molecule has 98 valence electrons. The van der Waals surface area contributed by atoms with Crippen LogP contribution in [0.2, 0.25) is 5.02 Å². The van der Waals surface area contributed by atoms with Crippen molar-refractivity contribution in [1.29, 1.82) is 5.26 Å². The van der Waals surface area contributed by atoms with Crippen LogP contribution in [0.1, 0.15) is 11.1 Å². The summed E-state index contributed by atoms with van der Waals surface area (Å²) in [4.78, 5) is 0. The van der Waals surface area contributed by atoms with Crippen LogP contribution in [-0.4, -0.2) is 9.78 Å². The molecule has 3 rings (SSSR count). The van der Waals surface area contributed by atoms with E-state index in [9.17, 15) is 5.26 Å². The van der Waals surface area contributed by atoms with E-state index in [1.165, 1.54) is 0 Å². The van der Waals surface area contributed by atoms with Gasteiger partial charge in [-0.15, -0.1) is 0 Å². The molecule has 0 bridgehead atoms. The summed E-state index contributed by atoms with van der Waals surface area (Å²) in [5, 5.41) is 16.2. The SMILES string of the molecule is Cc1cnn(C)c1-c1c(C#N)cc2ccccc2c1Cl. The van der Waals surface area contributed by atoms with Crippen molar-refractivity contribution < 1.29 is 0 Å². The third-order valence-electron chi connectivity index (χ3n) is 3.46. The zero-order chi connectivity index (χ0) is 14.3. The highest BCUT2D eigenvalue weighted by atomic mass is 35.5. The molecule has 0 aliphatic carbocycles. The van der Waals surface area contributed by atoms with Gasteiger partial charge in [0, 0.05) is 18.0 Å². The van der Waals surface area contributed by atoms with Crippen molar-refractivity contribution in [2.45, 2.75) is 6.92 Å². The molecule has 3 nitrogen and oxygen atoms in total. The van der Waals surface area contributed by atoms with Gasteiger partial charge in [-0.2, -0.15) is 10.4 Å². The Labute approximate surface area is 122 Å². The van der Waals surface area contributed by atoms with Crippen molar-refractivity contribution in [3.63, 3.8) is 0 Å². The molecule has 0 amide bonds. The number of benzene rings is 2. The van der Waals surface area contributed by atoms with Gasteiger partial charge < -0.3 is 0 Å². The smallest absolute Gasteiger partial charge is 0.0999 e. The Bertz CT molecular complexity index is 837. The number of fused-ring (bicyclic) bond motifs is 1. The summed E-state index contributed by atoms with van der Waals surface area (Å²) in [7, 11) is 1.86. The van der Waals surface area contributed by atoms with Gasteiger partial charge in [-0.25, -0.2) is 0 Å². The second kappa shape index (κ2) is 4.66. The van der Waals surface area contributed by atoms with Crippen LogP contribution >= 0.6 is 11.6 Å². The first-order chi connectivity index (χ1) is 9.63. The van der Waals surface area contributed by atoms with Gasteiger partial charge in [0.05, 0.1) is 28.5 Å². The van der Waals surface area contributed by atoms with Crippen LogP contribution in [0.3, 0.4) is 0 Å². The van der Waals surface area contributed by atoms with Crippen molar-refractivity contribution in [2.75, 3.05) is 0 Å². The van der Waals surface area contributed by atoms with Crippen LogP contribution in [0.25, 0.3) is 22.0 Å². The average molecular weight is 282 g/mol. The first-order valence-corrected chi connectivity index (χ1v) is 6.61. The summed E-state index contributed by atoms with van der Waals surface area (Å²) in [6.07, 6.45) is 1.78. The molecular formula is C16H12ClN3. The fourth-order valence-electron chi connectivity index (χ4n) is 2.53. The largest absolute Gasteiger partial charge is 0.268 e. The molecular weight excluding hydrogens is 270 g/mol. The Balaban J connectivity index is 2.47. The summed E-state index contributed by atoms with van der Waals surface area (Å²) in [5.74, 6) is 0. The van der Waals surface area contributed by atoms with E-state index in [1.807, 2.05) is 44.3 Å². The minimum absolute atomic E-state index is 0.570. The van der Waals surface area contributed by atoms with Gasteiger partial charge in [0.25, 0.3) is 0 Å². The molecule has 0 saturated heterocycles. The molecule has 0 saturated carbocycles. The monoisotopic (exact) mass is 281 g/mol. The van der Waals surface area contributed by atoms with Crippen LogP contribution in [0.4, 0.5) is 0 Å². The van der Waals surface area contributed by atoms with Crippen LogP contribution in [0, 0.1) is 18.3 Å². The quantitative estimate of drug-likeness (QED) is 0.674. The molecule has 0 aliphatic rings. The first kappa shape index (κ1) is 12.7. The van der Waals surface area contributed by atoms with Crippen molar-refractivity contribution >= 4 is 22.4 Å². The molecule has 0 aliphatic heterocycles. The van der Waals surface area contributed by atoms with E-state index in [1.54, 1.807) is 10.9 Å². The molecule has 1 aromatic heterocycles. The fourth-order valence-corrected chi connectivity index (χ4v) is 2.89. The summed E-state index contributed by atoms with van der Waals surface area (Å²) in [6.45, 7) is 1.97. The highest BCUT2D eigenvalue weighted by Gasteiger charge is 2.18. The van der Waals surface area contributed by atoms with Crippen molar-refractivity contribution in [1.82, 2.24) is 9.78 Å². The number of nitriles is 1. The second-order valence-electron chi connectivity index (χ2n) is 4.75. The Hall–Kier alpha value is -2.31. The molecule has 0 N–H and O–H groups in total. The summed E-state index contributed by atoms with van der Waals surface area (Å²) >= 11 is 6.57. The number of halogens is 1. The minimum Gasteiger partial charge on any atom is -0.268 e. The standard InChI is InChI=1S/C16H12ClN3/c1-10-9-19-20(2)16(10)14-12(8-18)7-11-5-3-4-6-13(11)15(14)17/h3-7,9H,1-2H3. The first-order valence-electron chi connectivity index (χ1n) is 6.23. The molecule has 0 fully saturated rings. The van der Waals surface area contributed by atoms with Gasteiger partial charge in [0.15, 0.2) is 0 Å². The molecule has 1 heterocycles. The number of aryl methyl sites for hydroxylation is 2. The number of rotatable bonds is 1. The predicted octanol–water partition coefficient (Wildman–Crippen LogP) is 4.07. The Morgan fingerprint density at radius 3 is 2.70 bits per heavy atom. The molecule has 0 atom stereocenters. The van der Waals surface area contributed by atoms with E-state index in [4.69, 9.17) is 11.6 Å². The maximum atomic E-state index is 9.44. The number of hydrogen-bond acceptors (Lipinski definition) is 2. The summed E-state index contributed by atoms with van der Waals surface area (Å²) in [6, 6.07) is 11.9. The Morgan fingerprint density at radius 2 is 2.05 bits per heavy atom. The van der Waals surface area contributed by atoms with E-state index in [0.29, 0.717) is 10.6 Å². The maximum Gasteiger partial charge on any atom is 0.0999 e. The van der Waals surface area contributed by atoms with Gasteiger partial charge in [-0.1, -0.05) is 35.9 Å². The minimum atomic E-state index is 0.570. The lowest BCUT2D eigenvalue weighted by Gasteiger charge is -2.12. The van der Waals surface area contributed by atoms with Gasteiger partial charge in [-0.3, -0.25) is 4.68 Å². The highest BCUT2D eigenvalue weighted by molar-refractivity contribution is 6.38. The molecule has 0 radical (unpaired) electrons. The van der Waals surface area contributed by atoms with Crippen LogP contribution < -0.4 is 0 Å². The molecule has 20 heavy (non-hydrogen) atoms. The summed E-state index contributed by atoms with van der Waals surface area (Å²) in [5.41, 5.74) is 3.21. The average Bonchev–Trinajstić information content (AvgIpc) is 2.78. The lowest BCUT2D eigenvalue weighted by molar-refractivity contribution is 0.775. The zero-order valence-corrected chi connectivity index (χ0v) is 11.9. The highest BCUT2D eigenvalue weighted by Crippen LogP contribution is 2.38. The normalized spacial score (nSPS) is 10.7. The molecule has 0 unspecified atom stereocenters. The van der Waals surface area contributed by atoms with E-state index >= 15 is 0 Å². The van der Waals surface area contributed by atoms with Crippen molar-refractivity contribution in [2.24, 2.45) is 7.05 Å². The van der Waals surface area contributed by atoms with Crippen molar-refractivity contribution in [3.05, 3.63) is 52.7 Å². The Kier molecular flexibility index (Phi) is 2.96. The van der Waals surface area contributed by atoms with Gasteiger partial charge in [0.2, 0.25) is 0 Å². The van der Waals surface area contributed by atoms with E-state index < -0.39 is 0 Å². The summed E-state index contributed by atoms with van der Waals surface area (Å²) < 4.78 is 1.76. The maximum absolute atomic E-state index is 9.44. The second-order valence-corrected chi connectivity index (χ2v) is 5.12. The topological polar surface area (TPSA) is 41.6 Å². The fraction of sp³-hybridized carbons (Fsp3) is 0.125. The number of hydrogen-bond donors (Lipinski definition) is 0. The zero-order valence-electron chi connectivity index (χ0n) is 11.2. The van der Waals surface area contributed by atoms with Crippen LogP contribution in [0.5, 0.6) is 0 Å². The van der Waals surface area contributed by atoms with Crippen LogP contribution in [0.15, 0.2) is 36.5 Å². The predicted molar refractivity (Wildman–Crippen MR) is 80.6 cm³/mol. The van der Waals surface area contributed by atoms with Gasteiger partial charge >= 0.3 is 0 Å². The van der Waals surface area contributed by atoms with Crippen LogP contribution in [-0.2, 0) is 7.05 Å². The van der Waals surface area contributed by atoms with E-state index in [-0.39, 0.29) is 0 Å². The lowest BCUT2D eigenvalue weighted by Crippen LogP contribution is -1.98. The number of aromatic nitrogens is 2. The van der Waals surface area contributed by atoms with Gasteiger partial charge in [0.1, 0.15) is 0 Å².